The Labute approximate surface area is 98.2 Å². The fourth-order valence-electron chi connectivity index (χ4n) is 2.06. The van der Waals surface area contributed by atoms with Crippen molar-refractivity contribution in [2.45, 2.75) is 45.2 Å². The molecule has 0 amide bonds. The first-order valence-corrected chi connectivity index (χ1v) is 5.95. The van der Waals surface area contributed by atoms with Crippen molar-refractivity contribution in [3.63, 3.8) is 0 Å². The van der Waals surface area contributed by atoms with Crippen molar-refractivity contribution in [2.24, 2.45) is 0 Å². The Balaban J connectivity index is 2.46. The highest BCUT2D eigenvalue weighted by molar-refractivity contribution is 7.80. The standard InChI is InChI=1S/C11H22N2OS/c1-9(8-14-4)12-10(15)13-7-5-6-11(13,2)3/h9H,5-8H2,1-4H3,(H,12,15). The summed E-state index contributed by atoms with van der Waals surface area (Å²) in [4.78, 5) is 2.29. The summed E-state index contributed by atoms with van der Waals surface area (Å²) >= 11 is 5.41. The quantitative estimate of drug-likeness (QED) is 0.747. The van der Waals surface area contributed by atoms with E-state index in [9.17, 15) is 0 Å². The van der Waals surface area contributed by atoms with Crippen molar-refractivity contribution < 1.29 is 4.74 Å². The number of hydrogen-bond acceptors (Lipinski definition) is 2. The highest BCUT2D eigenvalue weighted by Crippen LogP contribution is 2.28. The van der Waals surface area contributed by atoms with Crippen LogP contribution in [0.4, 0.5) is 0 Å². The zero-order valence-electron chi connectivity index (χ0n) is 10.2. The van der Waals surface area contributed by atoms with Crippen molar-refractivity contribution in [3.05, 3.63) is 0 Å². The molecule has 0 bridgehead atoms. The van der Waals surface area contributed by atoms with Crippen LogP contribution < -0.4 is 5.32 Å². The monoisotopic (exact) mass is 230 g/mol. The van der Waals surface area contributed by atoms with Crippen LogP contribution in [0.2, 0.25) is 0 Å². The summed E-state index contributed by atoms with van der Waals surface area (Å²) in [5.74, 6) is 0. The largest absolute Gasteiger partial charge is 0.383 e. The number of likely N-dealkylation sites (tertiary alicyclic amines) is 1. The molecule has 88 valence electrons. The van der Waals surface area contributed by atoms with E-state index < -0.39 is 0 Å². The zero-order valence-corrected chi connectivity index (χ0v) is 11.0. The zero-order chi connectivity index (χ0) is 11.5. The van der Waals surface area contributed by atoms with Gasteiger partial charge in [-0.2, -0.15) is 0 Å². The Hall–Kier alpha value is -0.350. The SMILES string of the molecule is COCC(C)NC(=S)N1CCCC1(C)C. The van der Waals surface area contributed by atoms with E-state index in [2.05, 4.69) is 31.0 Å². The van der Waals surface area contributed by atoms with E-state index in [1.807, 2.05) is 0 Å². The van der Waals surface area contributed by atoms with Gasteiger partial charge in [0, 0.05) is 25.2 Å². The number of nitrogens with zero attached hydrogens (tertiary/aromatic N) is 1. The molecular weight excluding hydrogens is 208 g/mol. The van der Waals surface area contributed by atoms with Gasteiger partial charge in [0.15, 0.2) is 5.11 Å². The van der Waals surface area contributed by atoms with Crippen LogP contribution in [0.15, 0.2) is 0 Å². The summed E-state index contributed by atoms with van der Waals surface area (Å²) in [6.07, 6.45) is 2.45. The fourth-order valence-corrected chi connectivity index (χ4v) is 2.60. The normalized spacial score (nSPS) is 21.5. The molecule has 1 unspecified atom stereocenters. The third-order valence-corrected chi connectivity index (χ3v) is 3.27. The van der Waals surface area contributed by atoms with E-state index in [1.165, 1.54) is 12.8 Å². The predicted molar refractivity (Wildman–Crippen MR) is 67.1 cm³/mol. The van der Waals surface area contributed by atoms with Crippen LogP contribution in [0, 0.1) is 0 Å². The van der Waals surface area contributed by atoms with Crippen molar-refractivity contribution in [1.29, 1.82) is 0 Å². The smallest absolute Gasteiger partial charge is 0.169 e. The lowest BCUT2D eigenvalue weighted by molar-refractivity contribution is 0.176. The number of thiocarbonyl (C=S) groups is 1. The minimum atomic E-state index is 0.205. The lowest BCUT2D eigenvalue weighted by atomic mass is 10.0. The molecule has 0 spiro atoms. The summed E-state index contributed by atoms with van der Waals surface area (Å²) in [5.41, 5.74) is 0.205. The van der Waals surface area contributed by atoms with Gasteiger partial charge in [0.2, 0.25) is 0 Å². The topological polar surface area (TPSA) is 24.5 Å². The Morgan fingerprint density at radius 2 is 2.27 bits per heavy atom. The van der Waals surface area contributed by atoms with Gasteiger partial charge in [-0.05, 0) is 45.8 Å². The molecule has 15 heavy (non-hydrogen) atoms. The molecule has 0 aromatic rings. The molecule has 1 rings (SSSR count). The minimum absolute atomic E-state index is 0.205. The maximum atomic E-state index is 5.41. The minimum Gasteiger partial charge on any atom is -0.383 e. The highest BCUT2D eigenvalue weighted by atomic mass is 32.1. The molecule has 0 radical (unpaired) electrons. The molecule has 1 fully saturated rings. The van der Waals surface area contributed by atoms with Crippen molar-refractivity contribution in [3.8, 4) is 0 Å². The number of nitrogens with one attached hydrogen (secondary N) is 1. The van der Waals surface area contributed by atoms with E-state index in [4.69, 9.17) is 17.0 Å². The Morgan fingerprint density at radius 1 is 1.60 bits per heavy atom. The summed E-state index contributed by atoms with van der Waals surface area (Å²) in [5, 5.41) is 4.17. The maximum absolute atomic E-state index is 5.41. The summed E-state index contributed by atoms with van der Waals surface area (Å²) in [7, 11) is 1.71. The van der Waals surface area contributed by atoms with Gasteiger partial charge in [0.05, 0.1) is 6.61 Å². The molecule has 3 nitrogen and oxygen atoms in total. The van der Waals surface area contributed by atoms with Gasteiger partial charge in [0.1, 0.15) is 0 Å². The molecule has 1 atom stereocenters. The molecule has 4 heteroatoms. The van der Waals surface area contributed by atoms with Crippen molar-refractivity contribution >= 4 is 17.3 Å². The molecule has 1 heterocycles. The van der Waals surface area contributed by atoms with Crippen LogP contribution >= 0.6 is 12.2 Å². The Kier molecular flexibility index (Phi) is 4.34. The van der Waals surface area contributed by atoms with Gasteiger partial charge < -0.3 is 15.0 Å². The first-order chi connectivity index (χ1) is 6.97. The third kappa shape index (κ3) is 3.31. The second-order valence-electron chi connectivity index (χ2n) is 4.87. The average molecular weight is 230 g/mol. The highest BCUT2D eigenvalue weighted by Gasteiger charge is 2.33. The van der Waals surface area contributed by atoms with E-state index in [-0.39, 0.29) is 11.6 Å². The van der Waals surface area contributed by atoms with E-state index in [0.717, 1.165) is 11.7 Å². The summed E-state index contributed by atoms with van der Waals surface area (Å²) < 4.78 is 5.08. The second-order valence-corrected chi connectivity index (χ2v) is 5.26. The molecule has 1 aliphatic rings. The summed E-state index contributed by atoms with van der Waals surface area (Å²) in [6, 6.07) is 0.277. The molecule has 1 aliphatic heterocycles. The first kappa shape index (κ1) is 12.7. The van der Waals surface area contributed by atoms with Gasteiger partial charge in [-0.3, -0.25) is 0 Å². The van der Waals surface area contributed by atoms with Crippen molar-refractivity contribution in [1.82, 2.24) is 10.2 Å². The fraction of sp³-hybridized carbons (Fsp3) is 0.909. The third-order valence-electron chi connectivity index (χ3n) is 2.93. The molecular formula is C11H22N2OS. The molecule has 1 N–H and O–H groups in total. The van der Waals surface area contributed by atoms with E-state index >= 15 is 0 Å². The maximum Gasteiger partial charge on any atom is 0.169 e. The lowest BCUT2D eigenvalue weighted by Crippen LogP contribution is -2.50. The van der Waals surface area contributed by atoms with E-state index in [1.54, 1.807) is 7.11 Å². The van der Waals surface area contributed by atoms with Crippen molar-refractivity contribution in [2.75, 3.05) is 20.3 Å². The van der Waals surface area contributed by atoms with Crippen LogP contribution in [0.25, 0.3) is 0 Å². The van der Waals surface area contributed by atoms with Gasteiger partial charge in [0.25, 0.3) is 0 Å². The molecule has 0 aliphatic carbocycles. The number of hydrogen-bond donors (Lipinski definition) is 1. The molecule has 0 saturated carbocycles. The number of rotatable bonds is 3. The first-order valence-electron chi connectivity index (χ1n) is 5.54. The molecule has 0 aromatic heterocycles. The van der Waals surface area contributed by atoms with Gasteiger partial charge in [-0.1, -0.05) is 0 Å². The van der Waals surface area contributed by atoms with Gasteiger partial charge in [-0.25, -0.2) is 0 Å². The lowest BCUT2D eigenvalue weighted by Gasteiger charge is -2.35. The van der Waals surface area contributed by atoms with Gasteiger partial charge >= 0.3 is 0 Å². The average Bonchev–Trinajstić information content (AvgIpc) is 2.45. The second kappa shape index (κ2) is 5.12. The number of ether oxygens (including phenoxy) is 1. The summed E-state index contributed by atoms with van der Waals surface area (Å²) in [6.45, 7) is 8.33. The Morgan fingerprint density at radius 3 is 2.73 bits per heavy atom. The molecule has 0 aromatic carbocycles. The van der Waals surface area contributed by atoms with Gasteiger partial charge in [-0.15, -0.1) is 0 Å². The van der Waals surface area contributed by atoms with Crippen LogP contribution in [0.5, 0.6) is 0 Å². The Bertz CT molecular complexity index is 231. The van der Waals surface area contributed by atoms with Crippen LogP contribution in [-0.2, 0) is 4.74 Å². The molecule has 1 saturated heterocycles. The predicted octanol–water partition coefficient (Wildman–Crippen LogP) is 1.77. The van der Waals surface area contributed by atoms with Crippen LogP contribution in [-0.4, -0.2) is 41.9 Å². The van der Waals surface area contributed by atoms with E-state index in [0.29, 0.717) is 6.61 Å². The van der Waals surface area contributed by atoms with Crippen LogP contribution in [0.1, 0.15) is 33.6 Å². The number of methoxy groups -OCH3 is 1. The van der Waals surface area contributed by atoms with Crippen LogP contribution in [0.3, 0.4) is 0 Å².